The lowest BCUT2D eigenvalue weighted by Gasteiger charge is -2.15. The largest absolute Gasteiger partial charge is 0.573 e. The SMILES string of the molecule is CC(NC(=O)c1cc(OC(F)(F)F)cc(S(C)(=O)=O)c1)c1nc(N(C)C)nn1-c1ncc(Cl)cn1. The standard InChI is InChI=1S/C19H19ClF3N7O4S/c1-10(15-27-18(29(2)3)28-30(15)17-24-8-12(20)9-25-17)26-16(31)11-5-13(34-19(21,22)23)7-14(6-11)35(4,32)33/h5-10H,1-4H3,(H,26,31). The number of ether oxygens (including phenoxy) is 1. The van der Waals surface area contributed by atoms with Crippen molar-refractivity contribution >= 4 is 33.3 Å². The molecule has 2 heterocycles. The number of nitrogens with one attached hydrogen (secondary N) is 1. The van der Waals surface area contributed by atoms with E-state index in [-0.39, 0.29) is 28.3 Å². The van der Waals surface area contributed by atoms with Gasteiger partial charge in [-0.1, -0.05) is 11.6 Å². The third kappa shape index (κ3) is 6.57. The number of anilines is 1. The molecule has 0 saturated heterocycles. The van der Waals surface area contributed by atoms with E-state index in [9.17, 15) is 26.4 Å². The maximum atomic E-state index is 12.9. The summed E-state index contributed by atoms with van der Waals surface area (Å²) >= 11 is 5.83. The number of hydrogen-bond acceptors (Lipinski definition) is 9. The minimum absolute atomic E-state index is 0.103. The summed E-state index contributed by atoms with van der Waals surface area (Å²) < 4.78 is 67.1. The fourth-order valence-corrected chi connectivity index (χ4v) is 3.57. The lowest BCUT2D eigenvalue weighted by atomic mass is 10.2. The number of hydrogen-bond donors (Lipinski definition) is 1. The molecule has 1 atom stereocenters. The van der Waals surface area contributed by atoms with Crippen molar-refractivity contribution in [3.05, 3.63) is 47.0 Å². The van der Waals surface area contributed by atoms with Gasteiger partial charge in [-0.2, -0.15) is 9.67 Å². The number of carbonyl (C=O) groups is 1. The van der Waals surface area contributed by atoms with Crippen molar-refractivity contribution in [3.8, 4) is 11.7 Å². The van der Waals surface area contributed by atoms with E-state index in [1.54, 1.807) is 25.9 Å². The second-order valence-electron chi connectivity index (χ2n) is 7.49. The van der Waals surface area contributed by atoms with Crippen molar-refractivity contribution in [3.63, 3.8) is 0 Å². The molecule has 0 aliphatic heterocycles. The van der Waals surface area contributed by atoms with Crippen LogP contribution < -0.4 is 15.0 Å². The second-order valence-corrected chi connectivity index (χ2v) is 9.94. The first-order valence-corrected chi connectivity index (χ1v) is 11.9. The van der Waals surface area contributed by atoms with E-state index in [0.717, 1.165) is 18.4 Å². The molecule has 3 rings (SSSR count). The molecule has 1 aromatic carbocycles. The minimum Gasteiger partial charge on any atom is -0.406 e. The lowest BCUT2D eigenvalue weighted by molar-refractivity contribution is -0.274. The molecule has 11 nitrogen and oxygen atoms in total. The Kier molecular flexibility index (Phi) is 7.21. The fourth-order valence-electron chi connectivity index (χ4n) is 2.80. The molecule has 0 fully saturated rings. The van der Waals surface area contributed by atoms with Gasteiger partial charge in [0, 0.05) is 25.9 Å². The van der Waals surface area contributed by atoms with Crippen LogP contribution in [0.3, 0.4) is 0 Å². The Morgan fingerprint density at radius 1 is 1.20 bits per heavy atom. The Hall–Kier alpha value is -3.46. The van der Waals surface area contributed by atoms with E-state index >= 15 is 0 Å². The van der Waals surface area contributed by atoms with Crippen LogP contribution in [0.5, 0.6) is 5.75 Å². The average molecular weight is 534 g/mol. The van der Waals surface area contributed by atoms with Gasteiger partial charge in [-0.25, -0.2) is 18.4 Å². The summed E-state index contributed by atoms with van der Waals surface area (Å²) in [5.74, 6) is -1.18. The van der Waals surface area contributed by atoms with E-state index in [0.29, 0.717) is 6.07 Å². The summed E-state index contributed by atoms with van der Waals surface area (Å²) in [6.07, 6.45) is -1.62. The van der Waals surface area contributed by atoms with Crippen LogP contribution in [0, 0.1) is 0 Å². The van der Waals surface area contributed by atoms with Crippen LogP contribution in [0.15, 0.2) is 35.5 Å². The van der Waals surface area contributed by atoms with E-state index in [4.69, 9.17) is 11.6 Å². The third-order valence-corrected chi connectivity index (χ3v) is 5.64. The highest BCUT2D eigenvalue weighted by Crippen LogP contribution is 2.27. The molecular formula is C19H19ClF3N7O4S. The number of halogens is 4. The van der Waals surface area contributed by atoms with Gasteiger partial charge in [-0.05, 0) is 25.1 Å². The summed E-state index contributed by atoms with van der Waals surface area (Å²) in [7, 11) is -0.579. The summed E-state index contributed by atoms with van der Waals surface area (Å²) in [6.45, 7) is 1.54. The van der Waals surface area contributed by atoms with E-state index in [2.05, 4.69) is 30.1 Å². The smallest absolute Gasteiger partial charge is 0.406 e. The van der Waals surface area contributed by atoms with Gasteiger partial charge < -0.3 is 15.0 Å². The maximum absolute atomic E-state index is 12.9. The number of nitrogens with zero attached hydrogens (tertiary/aromatic N) is 6. The number of carbonyl (C=O) groups excluding carboxylic acids is 1. The predicted octanol–water partition coefficient (Wildman–Crippen LogP) is 2.57. The molecule has 0 saturated carbocycles. The van der Waals surface area contributed by atoms with E-state index < -0.39 is 38.8 Å². The van der Waals surface area contributed by atoms with Crippen molar-refractivity contribution in [2.45, 2.75) is 24.2 Å². The maximum Gasteiger partial charge on any atom is 0.573 e. The Balaban J connectivity index is 1.97. The zero-order valence-electron chi connectivity index (χ0n) is 18.7. The first kappa shape index (κ1) is 26.2. The Morgan fingerprint density at radius 3 is 2.37 bits per heavy atom. The van der Waals surface area contributed by atoms with Crippen LogP contribution in [0.2, 0.25) is 5.02 Å². The Labute approximate surface area is 202 Å². The van der Waals surface area contributed by atoms with Crippen LogP contribution in [-0.2, 0) is 9.84 Å². The zero-order valence-corrected chi connectivity index (χ0v) is 20.3. The van der Waals surface area contributed by atoms with E-state index in [1.165, 1.54) is 17.1 Å². The summed E-state index contributed by atoms with van der Waals surface area (Å²) in [4.78, 5) is 26.5. The molecule has 0 spiro atoms. The molecule has 0 bridgehead atoms. The van der Waals surface area contributed by atoms with Gasteiger partial charge in [-0.3, -0.25) is 4.79 Å². The average Bonchev–Trinajstić information content (AvgIpc) is 3.18. The molecule has 35 heavy (non-hydrogen) atoms. The van der Waals surface area contributed by atoms with Gasteiger partial charge in [0.15, 0.2) is 15.7 Å². The molecule has 0 radical (unpaired) electrons. The minimum atomic E-state index is -5.09. The highest BCUT2D eigenvalue weighted by Gasteiger charge is 2.32. The normalized spacial score (nSPS) is 12.8. The molecule has 1 amide bonds. The number of rotatable bonds is 7. The Bertz CT molecular complexity index is 1350. The number of alkyl halides is 3. The predicted molar refractivity (Wildman–Crippen MR) is 118 cm³/mol. The quantitative estimate of drug-likeness (QED) is 0.486. The summed E-state index contributed by atoms with van der Waals surface area (Å²) in [5.41, 5.74) is -0.374. The molecule has 0 aliphatic carbocycles. The van der Waals surface area contributed by atoms with Crippen molar-refractivity contribution in [1.82, 2.24) is 30.0 Å². The van der Waals surface area contributed by atoms with Gasteiger partial charge in [0.2, 0.25) is 5.95 Å². The van der Waals surface area contributed by atoms with Crippen molar-refractivity contribution in [2.75, 3.05) is 25.3 Å². The summed E-state index contributed by atoms with van der Waals surface area (Å²) in [6, 6.07) is 1.54. The lowest BCUT2D eigenvalue weighted by Crippen LogP contribution is -2.29. The fraction of sp³-hybridized carbons (Fsp3) is 0.316. The first-order valence-electron chi connectivity index (χ1n) is 9.68. The molecule has 0 aliphatic rings. The molecule has 188 valence electrons. The van der Waals surface area contributed by atoms with Gasteiger partial charge in [0.1, 0.15) is 5.75 Å². The number of aromatic nitrogens is 5. The summed E-state index contributed by atoms with van der Waals surface area (Å²) in [5, 5.41) is 7.14. The highest BCUT2D eigenvalue weighted by molar-refractivity contribution is 7.90. The monoisotopic (exact) mass is 533 g/mol. The van der Waals surface area contributed by atoms with Gasteiger partial charge in [0.25, 0.3) is 11.9 Å². The van der Waals surface area contributed by atoms with Crippen molar-refractivity contribution < 1.29 is 31.1 Å². The molecule has 3 aromatic rings. The third-order valence-electron chi connectivity index (χ3n) is 4.36. The number of benzene rings is 1. The number of amides is 1. The van der Waals surface area contributed by atoms with Crippen LogP contribution in [0.4, 0.5) is 19.1 Å². The van der Waals surface area contributed by atoms with Gasteiger partial charge in [0.05, 0.1) is 28.4 Å². The molecular weight excluding hydrogens is 515 g/mol. The first-order chi connectivity index (χ1) is 16.1. The molecule has 16 heteroatoms. The van der Waals surface area contributed by atoms with E-state index in [1.807, 2.05) is 0 Å². The molecule has 1 unspecified atom stereocenters. The van der Waals surface area contributed by atoms with Gasteiger partial charge >= 0.3 is 6.36 Å². The topological polar surface area (TPSA) is 132 Å². The second kappa shape index (κ2) is 9.65. The molecule has 1 N–H and O–H groups in total. The van der Waals surface area contributed by atoms with Crippen LogP contribution >= 0.6 is 11.6 Å². The zero-order chi connectivity index (χ0) is 26.1. The van der Waals surface area contributed by atoms with Crippen molar-refractivity contribution in [1.29, 1.82) is 0 Å². The molecule has 2 aromatic heterocycles. The van der Waals surface area contributed by atoms with Crippen LogP contribution in [-0.4, -0.2) is 65.8 Å². The number of sulfone groups is 1. The van der Waals surface area contributed by atoms with Crippen molar-refractivity contribution in [2.24, 2.45) is 0 Å². The van der Waals surface area contributed by atoms with Crippen LogP contribution in [0.25, 0.3) is 5.95 Å². The Morgan fingerprint density at radius 2 is 1.83 bits per heavy atom. The van der Waals surface area contributed by atoms with Crippen LogP contribution in [0.1, 0.15) is 29.1 Å². The highest BCUT2D eigenvalue weighted by atomic mass is 35.5. The van der Waals surface area contributed by atoms with Gasteiger partial charge in [-0.15, -0.1) is 18.3 Å².